The number of fused-ring (bicyclic) bond motifs is 1. The molecule has 0 radical (unpaired) electrons. The zero-order valence-corrected chi connectivity index (χ0v) is 22.3. The number of anilines is 3. The maximum atomic E-state index is 14.4. The average molecular weight is 536 g/mol. The molecule has 39 heavy (non-hydrogen) atoms. The van der Waals surface area contributed by atoms with Crippen molar-refractivity contribution < 1.29 is 18.3 Å². The maximum Gasteiger partial charge on any atom is 0.407 e. The van der Waals surface area contributed by atoms with Crippen molar-refractivity contribution in [3.8, 4) is 11.3 Å². The molecule has 9 nitrogen and oxygen atoms in total. The van der Waals surface area contributed by atoms with Gasteiger partial charge in [0.15, 0.2) is 0 Å². The van der Waals surface area contributed by atoms with Crippen molar-refractivity contribution in [1.82, 2.24) is 24.9 Å². The topological polar surface area (TPSA) is 96.7 Å². The van der Waals surface area contributed by atoms with Crippen LogP contribution >= 0.6 is 0 Å². The molecule has 1 amide bonds. The van der Waals surface area contributed by atoms with Crippen molar-refractivity contribution >= 4 is 28.9 Å². The fraction of sp³-hybridized carbons (Fsp3) is 0.357. The third kappa shape index (κ3) is 5.92. The highest BCUT2D eigenvalue weighted by molar-refractivity contribution is 5.74. The van der Waals surface area contributed by atoms with Gasteiger partial charge in [-0.05, 0) is 63.4 Å². The second-order valence-corrected chi connectivity index (χ2v) is 10.8. The number of ether oxygens (including phenoxy) is 1. The maximum absolute atomic E-state index is 14.4. The highest BCUT2D eigenvalue weighted by Gasteiger charge is 2.29. The molecule has 1 saturated heterocycles. The molecule has 1 aliphatic heterocycles. The number of nitrogens with one attached hydrogen (secondary N) is 2. The molecule has 204 valence electrons. The van der Waals surface area contributed by atoms with Crippen LogP contribution in [-0.4, -0.2) is 50.4 Å². The number of rotatable bonds is 5. The Kier molecular flexibility index (Phi) is 7.07. The normalized spacial score (nSPS) is 17.7. The van der Waals surface area contributed by atoms with Gasteiger partial charge in [0.1, 0.15) is 17.2 Å². The van der Waals surface area contributed by atoms with Gasteiger partial charge in [-0.3, -0.25) is 4.98 Å². The van der Waals surface area contributed by atoms with Crippen LogP contribution in [0.15, 0.2) is 55.0 Å². The quantitative estimate of drug-likeness (QED) is 0.346. The van der Waals surface area contributed by atoms with Crippen LogP contribution in [0.3, 0.4) is 0 Å². The molecule has 3 aromatic heterocycles. The van der Waals surface area contributed by atoms with Crippen molar-refractivity contribution in [2.45, 2.75) is 45.8 Å². The number of aromatic nitrogens is 4. The van der Waals surface area contributed by atoms with Gasteiger partial charge in [-0.2, -0.15) is 9.61 Å². The number of imidazole rings is 1. The molecule has 1 fully saturated rings. The number of benzene rings is 1. The van der Waals surface area contributed by atoms with E-state index in [1.165, 1.54) is 22.7 Å². The molecular weight excluding hydrogens is 504 g/mol. The Morgan fingerprint density at radius 2 is 1.85 bits per heavy atom. The number of piperidine rings is 1. The number of hydrogen-bond donors (Lipinski definition) is 2. The number of halogens is 2. The molecule has 0 spiro atoms. The second-order valence-electron chi connectivity index (χ2n) is 10.8. The zero-order valence-electron chi connectivity index (χ0n) is 22.3. The minimum Gasteiger partial charge on any atom is -0.444 e. The monoisotopic (exact) mass is 535 g/mol. The lowest BCUT2D eigenvalue weighted by Gasteiger charge is -2.39. The SMILES string of the molecule is CC1CC(NC(=O)OC(C)(C)C)CN(c2ccncc2Nc2ncc3ccc(-c4c(F)cccc4F)nn23)C1. The molecule has 2 N–H and O–H groups in total. The van der Waals surface area contributed by atoms with E-state index in [1.807, 2.05) is 26.8 Å². The van der Waals surface area contributed by atoms with E-state index in [1.54, 1.807) is 30.7 Å². The number of carbonyl (C=O) groups is 1. The third-order valence-electron chi connectivity index (χ3n) is 6.37. The van der Waals surface area contributed by atoms with Crippen molar-refractivity contribution in [1.29, 1.82) is 0 Å². The predicted octanol–water partition coefficient (Wildman–Crippen LogP) is 5.55. The molecule has 4 aromatic rings. The molecule has 0 saturated carbocycles. The van der Waals surface area contributed by atoms with Gasteiger partial charge in [0.2, 0.25) is 5.95 Å². The zero-order chi connectivity index (χ0) is 27.7. The minimum absolute atomic E-state index is 0.100. The molecule has 5 rings (SSSR count). The summed E-state index contributed by atoms with van der Waals surface area (Å²) in [6.45, 7) is 9.01. The second kappa shape index (κ2) is 10.5. The largest absolute Gasteiger partial charge is 0.444 e. The lowest BCUT2D eigenvalue weighted by molar-refractivity contribution is 0.0495. The number of carbonyl (C=O) groups excluding carboxylic acids is 1. The van der Waals surface area contributed by atoms with Crippen molar-refractivity contribution in [3.63, 3.8) is 0 Å². The van der Waals surface area contributed by atoms with Gasteiger partial charge in [0.25, 0.3) is 0 Å². The van der Waals surface area contributed by atoms with Crippen LogP contribution in [0, 0.1) is 17.6 Å². The Morgan fingerprint density at radius 3 is 2.59 bits per heavy atom. The fourth-order valence-electron chi connectivity index (χ4n) is 4.85. The molecule has 2 atom stereocenters. The van der Waals surface area contributed by atoms with E-state index in [4.69, 9.17) is 4.74 Å². The Morgan fingerprint density at radius 1 is 1.08 bits per heavy atom. The number of alkyl carbamates (subject to hydrolysis) is 1. The van der Waals surface area contributed by atoms with Gasteiger partial charge < -0.3 is 20.3 Å². The van der Waals surface area contributed by atoms with Crippen molar-refractivity contribution in [2.75, 3.05) is 23.3 Å². The Bertz CT molecular complexity index is 1480. The van der Waals surface area contributed by atoms with Gasteiger partial charge in [0, 0.05) is 25.3 Å². The first kappa shape index (κ1) is 26.3. The summed E-state index contributed by atoms with van der Waals surface area (Å²) < 4.78 is 35.8. The van der Waals surface area contributed by atoms with Crippen molar-refractivity contribution in [3.05, 3.63) is 66.6 Å². The number of nitrogens with zero attached hydrogens (tertiary/aromatic N) is 5. The van der Waals surface area contributed by atoms with E-state index in [2.05, 4.69) is 37.5 Å². The molecule has 0 aliphatic carbocycles. The van der Waals surface area contributed by atoms with E-state index in [0.29, 0.717) is 29.6 Å². The number of amides is 1. The number of pyridine rings is 1. The lowest BCUT2D eigenvalue weighted by Crippen LogP contribution is -2.51. The summed E-state index contributed by atoms with van der Waals surface area (Å²) in [7, 11) is 0. The average Bonchev–Trinajstić information content (AvgIpc) is 3.25. The van der Waals surface area contributed by atoms with Crippen LogP contribution in [0.25, 0.3) is 16.8 Å². The van der Waals surface area contributed by atoms with E-state index in [0.717, 1.165) is 18.7 Å². The van der Waals surface area contributed by atoms with Gasteiger partial charge in [-0.15, -0.1) is 0 Å². The van der Waals surface area contributed by atoms with Gasteiger partial charge >= 0.3 is 6.09 Å². The van der Waals surface area contributed by atoms with E-state index < -0.39 is 23.3 Å². The van der Waals surface area contributed by atoms with Crippen LogP contribution < -0.4 is 15.5 Å². The van der Waals surface area contributed by atoms with Gasteiger partial charge in [0.05, 0.1) is 40.5 Å². The summed E-state index contributed by atoms with van der Waals surface area (Å²) in [6, 6.07) is 8.77. The first-order valence-corrected chi connectivity index (χ1v) is 12.8. The highest BCUT2D eigenvalue weighted by atomic mass is 19.1. The molecule has 0 bridgehead atoms. The first-order chi connectivity index (χ1) is 18.6. The minimum atomic E-state index is -0.695. The number of hydrogen-bond acceptors (Lipinski definition) is 7. The summed E-state index contributed by atoms with van der Waals surface area (Å²) in [5.74, 6) is -0.710. The van der Waals surface area contributed by atoms with Gasteiger partial charge in [-0.25, -0.2) is 18.6 Å². The third-order valence-corrected chi connectivity index (χ3v) is 6.37. The molecular formula is C28H31F2N7O2. The molecule has 2 unspecified atom stereocenters. The van der Waals surface area contributed by atoms with Crippen LogP contribution in [0.5, 0.6) is 0 Å². The molecule has 1 aromatic carbocycles. The highest BCUT2D eigenvalue weighted by Crippen LogP contribution is 2.32. The molecule has 4 heterocycles. The smallest absolute Gasteiger partial charge is 0.407 e. The summed E-state index contributed by atoms with van der Waals surface area (Å²) >= 11 is 0. The Balaban J connectivity index is 1.41. The van der Waals surface area contributed by atoms with E-state index in [-0.39, 0.29) is 17.3 Å². The van der Waals surface area contributed by atoms with E-state index in [9.17, 15) is 13.6 Å². The van der Waals surface area contributed by atoms with Crippen molar-refractivity contribution in [2.24, 2.45) is 5.92 Å². The Hall–Kier alpha value is -4.28. The summed E-state index contributed by atoms with van der Waals surface area (Å²) in [6.07, 6.45) is 5.40. The van der Waals surface area contributed by atoms with Crippen LogP contribution in [0.2, 0.25) is 0 Å². The van der Waals surface area contributed by atoms with Crippen LogP contribution in [-0.2, 0) is 4.74 Å². The predicted molar refractivity (Wildman–Crippen MR) is 145 cm³/mol. The molecule has 1 aliphatic rings. The summed E-state index contributed by atoms with van der Waals surface area (Å²) in [4.78, 5) is 23.3. The fourth-order valence-corrected chi connectivity index (χ4v) is 4.85. The summed E-state index contributed by atoms with van der Waals surface area (Å²) in [5, 5.41) is 10.8. The van der Waals surface area contributed by atoms with Crippen LogP contribution in [0.4, 0.5) is 30.9 Å². The standard InChI is InChI=1S/C28H31F2N7O2/c1-17-12-18(33-27(38)39-28(2,3)4)16-36(15-17)24-10-11-31-14-23(24)34-26-32-13-19-8-9-22(35-37(19)26)25-20(29)6-5-7-21(25)30/h5-11,13-14,17-18H,12,15-16H2,1-4H3,(H,32,34)(H,33,38). The Labute approximate surface area is 225 Å². The lowest BCUT2D eigenvalue weighted by atomic mass is 9.95. The van der Waals surface area contributed by atoms with Crippen LogP contribution in [0.1, 0.15) is 34.1 Å². The summed E-state index contributed by atoms with van der Waals surface area (Å²) in [5.41, 5.74) is 1.57. The van der Waals surface area contributed by atoms with Gasteiger partial charge in [-0.1, -0.05) is 13.0 Å². The first-order valence-electron chi connectivity index (χ1n) is 12.8. The van der Waals surface area contributed by atoms with E-state index >= 15 is 0 Å². The molecule has 11 heteroatoms.